The highest BCUT2D eigenvalue weighted by Gasteiger charge is 2.09. The molecule has 0 spiro atoms. The van der Waals surface area contributed by atoms with Gasteiger partial charge in [0.1, 0.15) is 6.33 Å². The molecule has 1 amide bonds. The second kappa shape index (κ2) is 4.79. The van der Waals surface area contributed by atoms with Crippen molar-refractivity contribution in [1.82, 2.24) is 14.5 Å². The molecule has 0 aliphatic rings. The Morgan fingerprint density at radius 2 is 2.29 bits per heavy atom. The molecule has 0 aliphatic carbocycles. The number of carbonyl (C=O) groups excluding carboxylic acids is 1. The summed E-state index contributed by atoms with van der Waals surface area (Å²) >= 11 is 0. The first-order chi connectivity index (χ1) is 6.61. The molecule has 0 aliphatic heterocycles. The van der Waals surface area contributed by atoms with Crippen molar-refractivity contribution in [2.75, 3.05) is 13.6 Å². The van der Waals surface area contributed by atoms with Crippen molar-refractivity contribution in [2.45, 2.75) is 20.3 Å². The molecule has 0 unspecified atom stereocenters. The first-order valence-electron chi connectivity index (χ1n) is 4.84. The van der Waals surface area contributed by atoms with Gasteiger partial charge in [-0.25, -0.2) is 9.78 Å². The van der Waals surface area contributed by atoms with Crippen molar-refractivity contribution in [3.05, 3.63) is 18.7 Å². The highest BCUT2D eigenvalue weighted by atomic mass is 16.2. The quantitative estimate of drug-likeness (QED) is 0.738. The van der Waals surface area contributed by atoms with Gasteiger partial charge in [0.15, 0.2) is 0 Å². The van der Waals surface area contributed by atoms with Crippen molar-refractivity contribution in [3.8, 4) is 0 Å². The lowest BCUT2D eigenvalue weighted by atomic mass is 10.1. The molecule has 78 valence electrons. The van der Waals surface area contributed by atoms with E-state index in [2.05, 4.69) is 18.8 Å². The summed E-state index contributed by atoms with van der Waals surface area (Å²) in [6.07, 6.45) is 5.81. The zero-order valence-electron chi connectivity index (χ0n) is 8.97. The van der Waals surface area contributed by atoms with Crippen molar-refractivity contribution in [1.29, 1.82) is 0 Å². The van der Waals surface area contributed by atoms with Crippen LogP contribution in [0, 0.1) is 5.92 Å². The van der Waals surface area contributed by atoms with E-state index in [1.807, 2.05) is 7.05 Å². The van der Waals surface area contributed by atoms with Gasteiger partial charge in [0, 0.05) is 26.0 Å². The number of hydrogen-bond donors (Lipinski definition) is 0. The Morgan fingerprint density at radius 1 is 1.57 bits per heavy atom. The first kappa shape index (κ1) is 10.8. The smallest absolute Gasteiger partial charge is 0.327 e. The standard InChI is InChI=1S/C10H17N3O/c1-9(2)4-6-12(3)10(14)13-7-5-11-8-13/h5,7-9H,4,6H2,1-3H3. The molecular formula is C10H17N3O. The van der Waals surface area contributed by atoms with Gasteiger partial charge in [-0.15, -0.1) is 0 Å². The number of carbonyl (C=O) groups is 1. The van der Waals surface area contributed by atoms with E-state index >= 15 is 0 Å². The maximum absolute atomic E-state index is 11.7. The Bertz CT molecular complexity index is 280. The van der Waals surface area contributed by atoms with Gasteiger partial charge in [0.2, 0.25) is 0 Å². The number of hydrogen-bond acceptors (Lipinski definition) is 2. The van der Waals surface area contributed by atoms with Gasteiger partial charge < -0.3 is 4.90 Å². The maximum Gasteiger partial charge on any atom is 0.329 e. The van der Waals surface area contributed by atoms with Crippen LogP contribution in [0.15, 0.2) is 18.7 Å². The fraction of sp³-hybridized carbons (Fsp3) is 0.600. The summed E-state index contributed by atoms with van der Waals surface area (Å²) in [4.78, 5) is 17.2. The van der Waals surface area contributed by atoms with Crippen molar-refractivity contribution >= 4 is 6.03 Å². The van der Waals surface area contributed by atoms with Gasteiger partial charge in [-0.2, -0.15) is 0 Å². The summed E-state index contributed by atoms with van der Waals surface area (Å²) in [5, 5.41) is 0. The molecule has 0 saturated carbocycles. The van der Waals surface area contributed by atoms with E-state index in [0.717, 1.165) is 13.0 Å². The van der Waals surface area contributed by atoms with Gasteiger partial charge in [-0.3, -0.25) is 4.57 Å². The maximum atomic E-state index is 11.7. The summed E-state index contributed by atoms with van der Waals surface area (Å²) in [5.41, 5.74) is 0. The summed E-state index contributed by atoms with van der Waals surface area (Å²) in [6, 6.07) is -0.0249. The first-order valence-corrected chi connectivity index (χ1v) is 4.84. The van der Waals surface area contributed by atoms with Crippen LogP contribution in [0.4, 0.5) is 4.79 Å². The molecule has 0 saturated heterocycles. The van der Waals surface area contributed by atoms with Crippen LogP contribution in [0.25, 0.3) is 0 Å². The van der Waals surface area contributed by atoms with Crippen LogP contribution < -0.4 is 0 Å². The molecule has 4 heteroatoms. The van der Waals surface area contributed by atoms with Crippen LogP contribution in [0.1, 0.15) is 20.3 Å². The molecule has 0 fully saturated rings. The summed E-state index contributed by atoms with van der Waals surface area (Å²) in [6.45, 7) is 5.08. The van der Waals surface area contributed by atoms with Crippen LogP contribution in [-0.2, 0) is 0 Å². The predicted molar refractivity (Wildman–Crippen MR) is 55.1 cm³/mol. The van der Waals surface area contributed by atoms with Gasteiger partial charge >= 0.3 is 6.03 Å². The van der Waals surface area contributed by atoms with Crippen LogP contribution >= 0.6 is 0 Å². The molecule has 1 aromatic rings. The van der Waals surface area contributed by atoms with Crippen molar-refractivity contribution in [3.63, 3.8) is 0 Å². The zero-order valence-corrected chi connectivity index (χ0v) is 8.97. The molecule has 1 heterocycles. The number of imidazole rings is 1. The number of amides is 1. The van der Waals surface area contributed by atoms with Crippen LogP contribution in [0.2, 0.25) is 0 Å². The third-order valence-electron chi connectivity index (χ3n) is 2.09. The lowest BCUT2D eigenvalue weighted by molar-refractivity contribution is 0.208. The Labute approximate surface area is 84.5 Å². The summed E-state index contributed by atoms with van der Waals surface area (Å²) < 4.78 is 1.49. The Balaban J connectivity index is 2.45. The minimum Gasteiger partial charge on any atom is -0.327 e. The number of aromatic nitrogens is 2. The highest BCUT2D eigenvalue weighted by molar-refractivity contribution is 5.76. The predicted octanol–water partition coefficient (Wildman–Crippen LogP) is 1.83. The summed E-state index contributed by atoms with van der Waals surface area (Å²) in [7, 11) is 1.81. The van der Waals surface area contributed by atoms with Gasteiger partial charge in [-0.05, 0) is 12.3 Å². The molecule has 1 aromatic heterocycles. The lowest BCUT2D eigenvalue weighted by Gasteiger charge is -2.17. The number of nitrogens with zero attached hydrogens (tertiary/aromatic N) is 3. The minimum absolute atomic E-state index is 0.0249. The molecule has 14 heavy (non-hydrogen) atoms. The van der Waals surface area contributed by atoms with E-state index in [9.17, 15) is 4.79 Å². The normalized spacial score (nSPS) is 10.6. The monoisotopic (exact) mass is 195 g/mol. The average Bonchev–Trinajstić information content (AvgIpc) is 2.65. The Kier molecular flexibility index (Phi) is 3.68. The van der Waals surface area contributed by atoms with Crippen LogP contribution in [-0.4, -0.2) is 34.1 Å². The molecule has 4 nitrogen and oxygen atoms in total. The van der Waals surface area contributed by atoms with Crippen LogP contribution in [0.3, 0.4) is 0 Å². The molecule has 0 bridgehead atoms. The van der Waals surface area contributed by atoms with E-state index in [1.54, 1.807) is 17.3 Å². The SMILES string of the molecule is CC(C)CCN(C)C(=O)n1ccnc1. The van der Waals surface area contributed by atoms with E-state index in [4.69, 9.17) is 0 Å². The van der Waals surface area contributed by atoms with Crippen LogP contribution in [0.5, 0.6) is 0 Å². The number of rotatable bonds is 3. The molecule has 0 aromatic carbocycles. The van der Waals surface area contributed by atoms with E-state index in [-0.39, 0.29) is 6.03 Å². The zero-order chi connectivity index (χ0) is 10.6. The van der Waals surface area contributed by atoms with Crippen molar-refractivity contribution in [2.24, 2.45) is 5.92 Å². The molecule has 0 atom stereocenters. The fourth-order valence-electron chi connectivity index (χ4n) is 1.12. The van der Waals surface area contributed by atoms with Gasteiger partial charge in [-0.1, -0.05) is 13.8 Å². The molecular weight excluding hydrogens is 178 g/mol. The third kappa shape index (κ3) is 2.87. The molecule has 0 radical (unpaired) electrons. The van der Waals surface area contributed by atoms with E-state index in [0.29, 0.717) is 5.92 Å². The van der Waals surface area contributed by atoms with Gasteiger partial charge in [0.05, 0.1) is 0 Å². The average molecular weight is 195 g/mol. The Hall–Kier alpha value is -1.32. The fourth-order valence-corrected chi connectivity index (χ4v) is 1.12. The minimum atomic E-state index is -0.0249. The van der Waals surface area contributed by atoms with E-state index < -0.39 is 0 Å². The highest BCUT2D eigenvalue weighted by Crippen LogP contribution is 2.02. The molecule has 1 rings (SSSR count). The topological polar surface area (TPSA) is 38.1 Å². The van der Waals surface area contributed by atoms with E-state index in [1.165, 1.54) is 10.9 Å². The molecule has 0 N–H and O–H groups in total. The largest absolute Gasteiger partial charge is 0.329 e. The second-order valence-corrected chi connectivity index (χ2v) is 3.86. The van der Waals surface area contributed by atoms with Gasteiger partial charge in [0.25, 0.3) is 0 Å². The van der Waals surface area contributed by atoms with Crippen molar-refractivity contribution < 1.29 is 4.79 Å². The second-order valence-electron chi connectivity index (χ2n) is 3.86. The summed E-state index contributed by atoms with van der Waals surface area (Å²) in [5.74, 6) is 0.619. The lowest BCUT2D eigenvalue weighted by Crippen LogP contribution is -2.31. The Morgan fingerprint density at radius 3 is 2.79 bits per heavy atom. The third-order valence-corrected chi connectivity index (χ3v) is 2.09.